The second kappa shape index (κ2) is 6.39. The third-order valence-corrected chi connectivity index (χ3v) is 3.54. The molecular formula is C14H22ClNO. The van der Waals surface area contributed by atoms with Gasteiger partial charge >= 0.3 is 0 Å². The van der Waals surface area contributed by atoms with Crippen molar-refractivity contribution in [2.75, 3.05) is 14.1 Å². The van der Waals surface area contributed by atoms with Gasteiger partial charge in [0.15, 0.2) is 0 Å². The van der Waals surface area contributed by atoms with Crippen LogP contribution in [0.2, 0.25) is 5.02 Å². The number of hydrogen-bond acceptors (Lipinski definition) is 2. The maximum atomic E-state index is 10.0. The van der Waals surface area contributed by atoms with Crippen LogP contribution in [0.15, 0.2) is 24.3 Å². The molecule has 0 spiro atoms. The molecule has 3 atom stereocenters. The Balaban J connectivity index is 2.97. The standard InChI is InChI=1S/C14H22ClNO/c1-5-13(17)10(2)14(16(3)4)11-6-8-12(15)9-7-11/h6-10,13-14,17H,5H2,1-4H3. The average molecular weight is 256 g/mol. The summed E-state index contributed by atoms with van der Waals surface area (Å²) in [6, 6.07) is 8.08. The van der Waals surface area contributed by atoms with Crippen molar-refractivity contribution in [2.24, 2.45) is 5.92 Å². The lowest BCUT2D eigenvalue weighted by Crippen LogP contribution is -2.32. The van der Waals surface area contributed by atoms with Crippen LogP contribution >= 0.6 is 11.6 Å². The van der Waals surface area contributed by atoms with Gasteiger partial charge in [-0.15, -0.1) is 0 Å². The first-order valence-corrected chi connectivity index (χ1v) is 6.45. The van der Waals surface area contributed by atoms with E-state index in [2.05, 4.69) is 11.8 Å². The minimum atomic E-state index is -0.280. The molecule has 0 aromatic heterocycles. The van der Waals surface area contributed by atoms with Crippen molar-refractivity contribution in [1.82, 2.24) is 4.90 Å². The monoisotopic (exact) mass is 255 g/mol. The zero-order chi connectivity index (χ0) is 13.0. The third-order valence-electron chi connectivity index (χ3n) is 3.29. The van der Waals surface area contributed by atoms with Crippen molar-refractivity contribution in [3.8, 4) is 0 Å². The molecule has 0 aliphatic heterocycles. The summed E-state index contributed by atoms with van der Waals surface area (Å²) in [4.78, 5) is 2.15. The molecule has 0 aliphatic carbocycles. The molecule has 0 fully saturated rings. The second-order valence-corrected chi connectivity index (χ2v) is 5.23. The number of hydrogen-bond donors (Lipinski definition) is 1. The highest BCUT2D eigenvalue weighted by molar-refractivity contribution is 6.30. The molecule has 17 heavy (non-hydrogen) atoms. The highest BCUT2D eigenvalue weighted by Crippen LogP contribution is 2.30. The number of nitrogens with zero attached hydrogens (tertiary/aromatic N) is 1. The highest BCUT2D eigenvalue weighted by Gasteiger charge is 2.26. The summed E-state index contributed by atoms with van der Waals surface area (Å²) >= 11 is 5.90. The summed E-state index contributed by atoms with van der Waals surface area (Å²) in [5.41, 5.74) is 1.19. The van der Waals surface area contributed by atoms with Gasteiger partial charge in [0.1, 0.15) is 0 Å². The number of benzene rings is 1. The van der Waals surface area contributed by atoms with Crippen LogP contribution in [0.4, 0.5) is 0 Å². The zero-order valence-electron chi connectivity index (χ0n) is 11.0. The van der Waals surface area contributed by atoms with E-state index in [1.807, 2.05) is 45.3 Å². The van der Waals surface area contributed by atoms with Crippen molar-refractivity contribution in [3.05, 3.63) is 34.9 Å². The van der Waals surface area contributed by atoms with Gasteiger partial charge in [-0.2, -0.15) is 0 Å². The van der Waals surface area contributed by atoms with Crippen LogP contribution in [0.3, 0.4) is 0 Å². The van der Waals surface area contributed by atoms with E-state index < -0.39 is 0 Å². The first-order chi connectivity index (χ1) is 7.97. The van der Waals surface area contributed by atoms with Gasteiger partial charge in [-0.1, -0.05) is 37.6 Å². The summed E-state index contributed by atoms with van der Waals surface area (Å²) in [5, 5.41) is 10.8. The fourth-order valence-corrected chi connectivity index (χ4v) is 2.44. The van der Waals surface area contributed by atoms with E-state index in [-0.39, 0.29) is 18.1 Å². The number of aliphatic hydroxyl groups is 1. The number of halogens is 1. The quantitative estimate of drug-likeness (QED) is 0.872. The molecule has 0 amide bonds. The van der Waals surface area contributed by atoms with Crippen molar-refractivity contribution >= 4 is 11.6 Å². The zero-order valence-corrected chi connectivity index (χ0v) is 11.8. The molecule has 0 heterocycles. The SMILES string of the molecule is CCC(O)C(C)C(c1ccc(Cl)cc1)N(C)C. The molecule has 1 rings (SSSR count). The summed E-state index contributed by atoms with van der Waals surface area (Å²) < 4.78 is 0. The van der Waals surface area contributed by atoms with Crippen LogP contribution in [-0.4, -0.2) is 30.2 Å². The minimum Gasteiger partial charge on any atom is -0.393 e. The molecule has 0 bridgehead atoms. The summed E-state index contributed by atoms with van der Waals surface area (Å²) in [5.74, 6) is 0.191. The van der Waals surface area contributed by atoms with E-state index in [0.29, 0.717) is 0 Å². The fourth-order valence-electron chi connectivity index (χ4n) is 2.31. The maximum Gasteiger partial charge on any atom is 0.0581 e. The predicted molar refractivity (Wildman–Crippen MR) is 73.3 cm³/mol. The molecule has 1 N–H and O–H groups in total. The molecule has 3 heteroatoms. The molecule has 0 radical (unpaired) electrons. The van der Waals surface area contributed by atoms with Gasteiger partial charge in [-0.05, 0) is 38.2 Å². The lowest BCUT2D eigenvalue weighted by atomic mass is 9.88. The fraction of sp³-hybridized carbons (Fsp3) is 0.571. The Hall–Kier alpha value is -0.570. The summed E-state index contributed by atoms with van der Waals surface area (Å²) in [6.07, 6.45) is 0.497. The van der Waals surface area contributed by atoms with Crippen molar-refractivity contribution in [1.29, 1.82) is 0 Å². The minimum absolute atomic E-state index is 0.191. The summed E-state index contributed by atoms with van der Waals surface area (Å²) in [7, 11) is 4.08. The Morgan fingerprint density at radius 1 is 1.24 bits per heavy atom. The van der Waals surface area contributed by atoms with E-state index in [1.165, 1.54) is 5.56 Å². The molecule has 1 aromatic carbocycles. The van der Waals surface area contributed by atoms with Crippen molar-refractivity contribution in [3.63, 3.8) is 0 Å². The first kappa shape index (κ1) is 14.5. The van der Waals surface area contributed by atoms with Crippen LogP contribution in [0.5, 0.6) is 0 Å². The topological polar surface area (TPSA) is 23.5 Å². The Morgan fingerprint density at radius 3 is 2.18 bits per heavy atom. The van der Waals surface area contributed by atoms with E-state index in [1.54, 1.807) is 0 Å². The lowest BCUT2D eigenvalue weighted by Gasteiger charge is -2.33. The lowest BCUT2D eigenvalue weighted by molar-refractivity contribution is 0.0607. The van der Waals surface area contributed by atoms with Crippen molar-refractivity contribution < 1.29 is 5.11 Å². The number of aliphatic hydroxyl groups excluding tert-OH is 1. The molecule has 0 saturated carbocycles. The van der Waals surface area contributed by atoms with Gasteiger partial charge < -0.3 is 10.0 Å². The molecule has 2 nitrogen and oxygen atoms in total. The van der Waals surface area contributed by atoms with E-state index in [9.17, 15) is 5.11 Å². The molecule has 0 aliphatic rings. The Morgan fingerprint density at radius 2 is 1.76 bits per heavy atom. The number of rotatable bonds is 5. The summed E-state index contributed by atoms with van der Waals surface area (Å²) in [6.45, 7) is 4.10. The second-order valence-electron chi connectivity index (χ2n) is 4.79. The molecular weight excluding hydrogens is 234 g/mol. The average Bonchev–Trinajstić information content (AvgIpc) is 2.30. The Bertz CT molecular complexity index is 337. The highest BCUT2D eigenvalue weighted by atomic mass is 35.5. The molecule has 1 aromatic rings. The van der Waals surface area contributed by atoms with E-state index in [4.69, 9.17) is 11.6 Å². The molecule has 0 saturated heterocycles. The first-order valence-electron chi connectivity index (χ1n) is 6.07. The van der Waals surface area contributed by atoms with Crippen LogP contribution in [0.25, 0.3) is 0 Å². The van der Waals surface area contributed by atoms with Gasteiger partial charge in [0.2, 0.25) is 0 Å². The van der Waals surface area contributed by atoms with E-state index in [0.717, 1.165) is 11.4 Å². The van der Waals surface area contributed by atoms with Crippen LogP contribution in [-0.2, 0) is 0 Å². The van der Waals surface area contributed by atoms with Gasteiger partial charge in [-0.3, -0.25) is 0 Å². The smallest absolute Gasteiger partial charge is 0.0581 e. The van der Waals surface area contributed by atoms with Crippen molar-refractivity contribution in [2.45, 2.75) is 32.4 Å². The molecule has 3 unspecified atom stereocenters. The van der Waals surface area contributed by atoms with Gasteiger partial charge in [-0.25, -0.2) is 0 Å². The van der Waals surface area contributed by atoms with Gasteiger partial charge in [0, 0.05) is 17.0 Å². The van der Waals surface area contributed by atoms with Gasteiger partial charge in [0.05, 0.1) is 6.10 Å². The van der Waals surface area contributed by atoms with E-state index >= 15 is 0 Å². The molecule has 96 valence electrons. The van der Waals surface area contributed by atoms with Crippen LogP contribution < -0.4 is 0 Å². The largest absolute Gasteiger partial charge is 0.393 e. The predicted octanol–water partition coefficient (Wildman–Crippen LogP) is 3.35. The Kier molecular flexibility index (Phi) is 5.44. The van der Waals surface area contributed by atoms with Gasteiger partial charge in [0.25, 0.3) is 0 Å². The Labute approximate surface area is 109 Å². The van der Waals surface area contributed by atoms with Crippen LogP contribution in [0, 0.1) is 5.92 Å². The van der Waals surface area contributed by atoms with Crippen LogP contribution in [0.1, 0.15) is 31.9 Å². The normalized spacial score (nSPS) is 16.9. The third kappa shape index (κ3) is 3.70. The maximum absolute atomic E-state index is 10.0.